The molecule has 0 bridgehead atoms. The first-order valence-corrected chi connectivity index (χ1v) is 7.48. The first-order valence-electron chi connectivity index (χ1n) is 7.48. The lowest BCUT2D eigenvalue weighted by atomic mass is 10.1. The van der Waals surface area contributed by atoms with Crippen molar-refractivity contribution >= 4 is 23.3 Å². The highest BCUT2D eigenvalue weighted by molar-refractivity contribution is 6.45. The molecule has 5 nitrogen and oxygen atoms in total. The zero-order valence-corrected chi connectivity index (χ0v) is 13.9. The van der Waals surface area contributed by atoms with E-state index in [4.69, 9.17) is 0 Å². The molecule has 0 saturated carbocycles. The number of Topliss-reactive ketones (excluding diaryl/α,β-unsaturated/α-hetero) is 1. The Morgan fingerprint density at radius 3 is 2.35 bits per heavy atom. The maximum absolute atomic E-state index is 12.6. The van der Waals surface area contributed by atoms with Crippen molar-refractivity contribution in [2.75, 3.05) is 5.32 Å². The molecule has 0 unspecified atom stereocenters. The second-order valence-electron chi connectivity index (χ2n) is 5.45. The zero-order chi connectivity index (χ0) is 19.3. The molecule has 0 aliphatic heterocycles. The van der Waals surface area contributed by atoms with Crippen molar-refractivity contribution in [3.63, 3.8) is 0 Å². The Labute approximate surface area is 147 Å². The van der Waals surface area contributed by atoms with Gasteiger partial charge in [0.15, 0.2) is 0 Å². The molecule has 2 aromatic carbocycles. The van der Waals surface area contributed by atoms with E-state index in [2.05, 4.69) is 15.3 Å². The number of carbonyl (C=O) groups excluding carboxylic acids is 2. The number of halogens is 3. The Hall–Kier alpha value is -3.16. The van der Waals surface area contributed by atoms with Gasteiger partial charge in [-0.05, 0) is 32.0 Å². The summed E-state index contributed by atoms with van der Waals surface area (Å²) in [5, 5.41) is 5.54. The van der Waals surface area contributed by atoms with E-state index in [0.717, 1.165) is 23.8 Å². The van der Waals surface area contributed by atoms with Crippen molar-refractivity contribution in [2.24, 2.45) is 5.16 Å². The molecule has 8 heteroatoms. The normalized spacial score (nSPS) is 11.8. The Bertz CT molecular complexity index is 844. The van der Waals surface area contributed by atoms with Gasteiger partial charge in [-0.1, -0.05) is 41.1 Å². The largest absolute Gasteiger partial charge is 0.437 e. The van der Waals surface area contributed by atoms with Crippen molar-refractivity contribution < 1.29 is 27.6 Å². The first-order chi connectivity index (χ1) is 12.2. The fourth-order valence-electron chi connectivity index (χ4n) is 1.98. The van der Waals surface area contributed by atoms with E-state index in [-0.39, 0.29) is 11.4 Å². The summed E-state index contributed by atoms with van der Waals surface area (Å²) in [6.07, 6.45) is -5.64. The highest BCUT2D eigenvalue weighted by Gasteiger charge is 2.30. The number of rotatable bonds is 4. The predicted octanol–water partition coefficient (Wildman–Crippen LogP) is 4.82. The maximum Gasteiger partial charge on any atom is 0.437 e. The number of hydrogen-bond donors (Lipinski definition) is 1. The van der Waals surface area contributed by atoms with Crippen molar-refractivity contribution in [3.05, 3.63) is 65.2 Å². The molecule has 0 spiro atoms. The van der Waals surface area contributed by atoms with Crippen molar-refractivity contribution in [2.45, 2.75) is 20.0 Å². The number of hydrogen-bond acceptors (Lipinski definition) is 4. The number of amides is 1. The molecule has 1 N–H and O–H groups in total. The van der Waals surface area contributed by atoms with Crippen LogP contribution in [0, 0.1) is 6.92 Å². The number of benzene rings is 2. The van der Waals surface area contributed by atoms with Crippen molar-refractivity contribution in [1.82, 2.24) is 0 Å². The van der Waals surface area contributed by atoms with E-state index in [1.807, 2.05) is 6.92 Å². The summed E-state index contributed by atoms with van der Waals surface area (Å²) < 4.78 is 37.9. The van der Waals surface area contributed by atoms with E-state index in [9.17, 15) is 22.8 Å². The molecule has 0 aliphatic carbocycles. The summed E-state index contributed by atoms with van der Waals surface area (Å²) >= 11 is 0. The lowest BCUT2D eigenvalue weighted by Gasteiger charge is -2.09. The van der Waals surface area contributed by atoms with Crippen LogP contribution < -0.4 is 5.32 Å². The van der Waals surface area contributed by atoms with E-state index >= 15 is 0 Å². The fraction of sp³-hybridized carbons (Fsp3) is 0.167. The third-order valence-corrected chi connectivity index (χ3v) is 3.34. The van der Waals surface area contributed by atoms with Crippen molar-refractivity contribution in [3.8, 4) is 0 Å². The number of oxime groups is 1. The Balaban J connectivity index is 2.00. The molecular formula is C18H15F3N2O3. The molecule has 0 aromatic heterocycles. The van der Waals surface area contributed by atoms with Crippen LogP contribution in [0.4, 0.5) is 23.7 Å². The summed E-state index contributed by atoms with van der Waals surface area (Å²) in [5.74, 6) is -0.433. The molecule has 0 aliphatic rings. The summed E-state index contributed by atoms with van der Waals surface area (Å²) in [6, 6.07) is 10.8. The van der Waals surface area contributed by atoms with E-state index < -0.39 is 23.6 Å². The van der Waals surface area contributed by atoms with E-state index in [1.165, 1.54) is 13.0 Å². The third kappa shape index (κ3) is 5.17. The second kappa shape index (κ2) is 7.81. The van der Waals surface area contributed by atoms with Crippen molar-refractivity contribution in [1.29, 1.82) is 0 Å². The van der Waals surface area contributed by atoms with Gasteiger partial charge in [0.2, 0.25) is 5.78 Å². The van der Waals surface area contributed by atoms with Gasteiger partial charge in [0, 0.05) is 11.3 Å². The molecule has 0 radical (unpaired) electrons. The van der Waals surface area contributed by atoms with Crippen LogP contribution in [-0.2, 0) is 11.0 Å². The summed E-state index contributed by atoms with van der Waals surface area (Å²) in [5.41, 5.74) is 0.256. The van der Waals surface area contributed by atoms with Gasteiger partial charge < -0.3 is 0 Å². The summed E-state index contributed by atoms with van der Waals surface area (Å²) in [4.78, 5) is 28.3. The number of nitrogens with zero attached hydrogens (tertiary/aromatic N) is 1. The zero-order valence-electron chi connectivity index (χ0n) is 13.9. The number of nitrogens with one attached hydrogen (secondary N) is 1. The lowest BCUT2D eigenvalue weighted by Crippen LogP contribution is -2.16. The van der Waals surface area contributed by atoms with Gasteiger partial charge in [-0.15, -0.1) is 0 Å². The van der Waals surface area contributed by atoms with Crippen LogP contribution in [0.1, 0.15) is 28.4 Å². The SMILES string of the molecule is CC(=NOC(=O)Nc1cccc(C(F)(F)F)c1)C(=O)c1ccc(C)cc1. The fourth-order valence-corrected chi connectivity index (χ4v) is 1.98. The standard InChI is InChI=1S/C18H15F3N2O3/c1-11-6-8-13(9-7-11)16(24)12(2)23-26-17(25)22-15-5-3-4-14(10-15)18(19,20)21/h3-10H,1-2H3,(H,22,25). The van der Waals surface area contributed by atoms with Gasteiger partial charge in [0.25, 0.3) is 0 Å². The van der Waals surface area contributed by atoms with Crippen LogP contribution in [0.3, 0.4) is 0 Å². The molecule has 2 rings (SSSR count). The van der Waals surface area contributed by atoms with E-state index in [1.54, 1.807) is 24.3 Å². The van der Waals surface area contributed by atoms with Crippen LogP contribution in [-0.4, -0.2) is 17.6 Å². The maximum atomic E-state index is 12.6. The molecule has 26 heavy (non-hydrogen) atoms. The van der Waals surface area contributed by atoms with Gasteiger partial charge in [0.05, 0.1) is 5.56 Å². The minimum absolute atomic E-state index is 0.0759. The summed E-state index contributed by atoms with van der Waals surface area (Å²) in [7, 11) is 0. The third-order valence-electron chi connectivity index (χ3n) is 3.34. The molecular weight excluding hydrogens is 349 g/mol. The Kier molecular flexibility index (Phi) is 5.76. The topological polar surface area (TPSA) is 67.8 Å². The van der Waals surface area contributed by atoms with Crippen LogP contribution in [0.15, 0.2) is 53.7 Å². The first kappa shape index (κ1) is 19.2. The van der Waals surface area contributed by atoms with Gasteiger partial charge in [-0.2, -0.15) is 13.2 Å². The van der Waals surface area contributed by atoms with E-state index in [0.29, 0.717) is 5.56 Å². The quantitative estimate of drug-likeness (QED) is 0.366. The molecule has 0 heterocycles. The number of anilines is 1. The molecule has 2 aromatic rings. The van der Waals surface area contributed by atoms with Gasteiger partial charge in [0.1, 0.15) is 5.71 Å². The number of alkyl halides is 3. The average molecular weight is 364 g/mol. The van der Waals surface area contributed by atoms with Crippen LogP contribution in [0.25, 0.3) is 0 Å². The highest BCUT2D eigenvalue weighted by Crippen LogP contribution is 2.30. The van der Waals surface area contributed by atoms with Gasteiger partial charge >= 0.3 is 12.3 Å². The molecule has 0 saturated heterocycles. The molecule has 136 valence electrons. The number of aryl methyl sites for hydroxylation is 1. The Morgan fingerprint density at radius 1 is 1.08 bits per heavy atom. The predicted molar refractivity (Wildman–Crippen MR) is 90.2 cm³/mol. The highest BCUT2D eigenvalue weighted by atomic mass is 19.4. The monoisotopic (exact) mass is 364 g/mol. The average Bonchev–Trinajstić information content (AvgIpc) is 2.59. The van der Waals surface area contributed by atoms with Gasteiger partial charge in [-0.3, -0.25) is 14.9 Å². The summed E-state index contributed by atoms with van der Waals surface area (Å²) in [6.45, 7) is 3.23. The second-order valence-corrected chi connectivity index (χ2v) is 5.45. The minimum atomic E-state index is -4.53. The molecule has 1 amide bonds. The minimum Gasteiger partial charge on any atom is -0.297 e. The number of carbonyl (C=O) groups is 2. The molecule has 0 fully saturated rings. The molecule has 0 atom stereocenters. The Morgan fingerprint density at radius 2 is 1.73 bits per heavy atom. The lowest BCUT2D eigenvalue weighted by molar-refractivity contribution is -0.137. The smallest absolute Gasteiger partial charge is 0.297 e. The van der Waals surface area contributed by atoms with Crippen LogP contribution >= 0.6 is 0 Å². The number of ketones is 1. The van der Waals surface area contributed by atoms with Gasteiger partial charge in [-0.25, -0.2) is 4.79 Å². The van der Waals surface area contributed by atoms with Crippen LogP contribution in [0.2, 0.25) is 0 Å². The van der Waals surface area contributed by atoms with Crippen LogP contribution in [0.5, 0.6) is 0 Å².